The van der Waals surface area contributed by atoms with Crippen LogP contribution < -0.4 is 20.7 Å². The molecule has 4 amide bonds. The van der Waals surface area contributed by atoms with Gasteiger partial charge in [-0.1, -0.05) is 24.3 Å². The molecule has 59 heavy (non-hydrogen) atoms. The van der Waals surface area contributed by atoms with Gasteiger partial charge < -0.3 is 20.3 Å². The molecule has 15 nitrogen and oxygen atoms in total. The highest BCUT2D eigenvalue weighted by Crippen LogP contribution is 2.39. The van der Waals surface area contributed by atoms with Crippen LogP contribution in [0.25, 0.3) is 22.3 Å². The second-order valence-corrected chi connectivity index (χ2v) is 16.4. The Bertz CT molecular complexity index is 2430. The van der Waals surface area contributed by atoms with E-state index in [2.05, 4.69) is 34.7 Å². The number of hydrogen-bond donors (Lipinski definition) is 2. The number of piperazine rings is 1. The number of nitrogens with two attached hydrogens (primary N) is 1. The van der Waals surface area contributed by atoms with Crippen LogP contribution in [0.1, 0.15) is 65.3 Å². The molecule has 0 spiro atoms. The standard InChI is InChI=1S/C44H46N10O5/c45-40-38-39(28-9-15-32(16-10-28)59-31-5-2-1-3-6-31)49-54(41(38)47-26-46-40)30-13-11-29(12-14-30)51-21-19-50(20-22-51)23-27-24-52(25-27)34-8-4-7-33-37(34)44(58)53(43(33)57)35-17-18-36(55)48-42(35)56/h1-10,15-16,26-27,29-30,35H,11-14,17-25H2,(H2,45,46,47)(H,48,55,56). The predicted molar refractivity (Wildman–Crippen MR) is 220 cm³/mol. The van der Waals surface area contributed by atoms with E-state index in [1.165, 1.54) is 6.33 Å². The van der Waals surface area contributed by atoms with E-state index in [0.717, 1.165) is 116 Å². The Balaban J connectivity index is 0.724. The Morgan fingerprint density at radius 1 is 0.763 bits per heavy atom. The number of amides is 4. The molecule has 4 aliphatic heterocycles. The van der Waals surface area contributed by atoms with Gasteiger partial charge in [-0.3, -0.25) is 34.3 Å². The molecule has 10 rings (SSSR count). The maximum atomic E-state index is 13.6. The third-order valence-electron chi connectivity index (χ3n) is 12.8. The number of anilines is 2. The van der Waals surface area contributed by atoms with Crippen molar-refractivity contribution in [3.63, 3.8) is 0 Å². The van der Waals surface area contributed by atoms with Crippen molar-refractivity contribution >= 4 is 46.2 Å². The molecule has 5 aliphatic rings. The van der Waals surface area contributed by atoms with Crippen LogP contribution >= 0.6 is 0 Å². The lowest BCUT2D eigenvalue weighted by atomic mass is 9.89. The number of para-hydroxylation sites is 1. The minimum atomic E-state index is -0.970. The molecule has 3 aromatic carbocycles. The normalized spacial score (nSPS) is 23.1. The topological polar surface area (TPSA) is 172 Å². The minimum absolute atomic E-state index is 0.0982. The van der Waals surface area contributed by atoms with E-state index in [1.807, 2.05) is 60.7 Å². The maximum Gasteiger partial charge on any atom is 0.264 e. The number of ether oxygens (including phenoxy) is 1. The SMILES string of the molecule is Nc1ncnc2c1c(-c1ccc(Oc3ccccc3)cc1)nn2C1CCC(N2CCN(CC3CN(c4cccc5c4C(=O)N(C4CCC(=O)NC4=O)C5=O)C3)CC2)CC1. The Morgan fingerprint density at radius 3 is 2.24 bits per heavy atom. The van der Waals surface area contributed by atoms with Crippen molar-refractivity contribution in [3.05, 3.63) is 90.3 Å². The molecule has 1 atom stereocenters. The zero-order valence-electron chi connectivity index (χ0n) is 32.7. The first kappa shape index (κ1) is 37.1. The molecule has 3 N–H and O–H groups in total. The van der Waals surface area contributed by atoms with Gasteiger partial charge in [-0.15, -0.1) is 0 Å². The summed E-state index contributed by atoms with van der Waals surface area (Å²) < 4.78 is 8.09. The first-order chi connectivity index (χ1) is 28.8. The number of piperidine rings is 1. The molecule has 4 fully saturated rings. The number of nitrogen functional groups attached to an aromatic ring is 1. The second kappa shape index (κ2) is 15.2. The van der Waals surface area contributed by atoms with Crippen LogP contribution in [0.2, 0.25) is 0 Å². The zero-order valence-corrected chi connectivity index (χ0v) is 32.7. The molecule has 1 aliphatic carbocycles. The molecule has 0 bridgehead atoms. The summed E-state index contributed by atoms with van der Waals surface area (Å²) in [5.41, 5.74) is 10.4. The molecular formula is C44H46N10O5. The van der Waals surface area contributed by atoms with Gasteiger partial charge in [0, 0.05) is 69.8 Å². The summed E-state index contributed by atoms with van der Waals surface area (Å²) in [5.74, 6) is 0.502. The number of imide groups is 2. The molecular weight excluding hydrogens is 749 g/mol. The van der Waals surface area contributed by atoms with Gasteiger partial charge in [0.05, 0.1) is 28.2 Å². The highest BCUT2D eigenvalue weighted by atomic mass is 16.5. The Hall–Kier alpha value is -6.19. The van der Waals surface area contributed by atoms with Crippen LogP contribution in [-0.4, -0.2) is 116 Å². The van der Waals surface area contributed by atoms with Gasteiger partial charge in [0.1, 0.15) is 35.4 Å². The molecule has 1 saturated carbocycles. The Morgan fingerprint density at radius 2 is 1.49 bits per heavy atom. The van der Waals surface area contributed by atoms with Gasteiger partial charge in [0.25, 0.3) is 11.8 Å². The van der Waals surface area contributed by atoms with Crippen LogP contribution in [0.15, 0.2) is 79.1 Å². The highest BCUT2D eigenvalue weighted by molar-refractivity contribution is 6.25. The predicted octanol–water partition coefficient (Wildman–Crippen LogP) is 4.51. The highest BCUT2D eigenvalue weighted by Gasteiger charge is 2.47. The summed E-state index contributed by atoms with van der Waals surface area (Å²) in [6.07, 6.45) is 5.97. The van der Waals surface area contributed by atoms with Gasteiger partial charge in [-0.2, -0.15) is 5.10 Å². The van der Waals surface area contributed by atoms with E-state index in [4.69, 9.17) is 15.6 Å². The lowest BCUT2D eigenvalue weighted by Gasteiger charge is -2.46. The summed E-state index contributed by atoms with van der Waals surface area (Å²) in [6.45, 7) is 6.70. The van der Waals surface area contributed by atoms with Crippen molar-refractivity contribution in [2.45, 2.75) is 56.7 Å². The van der Waals surface area contributed by atoms with E-state index in [1.54, 1.807) is 12.1 Å². The van der Waals surface area contributed by atoms with E-state index in [9.17, 15) is 19.2 Å². The van der Waals surface area contributed by atoms with Gasteiger partial charge >= 0.3 is 0 Å². The third-order valence-corrected chi connectivity index (χ3v) is 12.8. The van der Waals surface area contributed by atoms with Crippen molar-refractivity contribution in [2.24, 2.45) is 5.92 Å². The van der Waals surface area contributed by atoms with Crippen molar-refractivity contribution in [1.29, 1.82) is 0 Å². The molecule has 5 aromatic rings. The number of aromatic nitrogens is 4. The van der Waals surface area contributed by atoms with Crippen LogP contribution in [0, 0.1) is 5.92 Å². The summed E-state index contributed by atoms with van der Waals surface area (Å²) in [7, 11) is 0. The lowest BCUT2D eigenvalue weighted by Crippen LogP contribution is -2.56. The number of carbonyl (C=O) groups excluding carboxylic acids is 4. The smallest absolute Gasteiger partial charge is 0.264 e. The number of fused-ring (bicyclic) bond motifs is 2. The number of rotatable bonds is 9. The monoisotopic (exact) mass is 794 g/mol. The Labute approximate surface area is 341 Å². The molecule has 0 radical (unpaired) electrons. The van der Waals surface area contributed by atoms with Crippen LogP contribution in [0.3, 0.4) is 0 Å². The van der Waals surface area contributed by atoms with Crippen molar-refractivity contribution in [1.82, 2.24) is 39.8 Å². The number of benzene rings is 3. The van der Waals surface area contributed by atoms with E-state index < -0.39 is 23.8 Å². The van der Waals surface area contributed by atoms with Crippen molar-refractivity contribution < 1.29 is 23.9 Å². The van der Waals surface area contributed by atoms with Crippen LogP contribution in [-0.2, 0) is 9.59 Å². The molecule has 302 valence electrons. The minimum Gasteiger partial charge on any atom is -0.457 e. The van der Waals surface area contributed by atoms with E-state index in [-0.39, 0.29) is 24.8 Å². The number of nitrogens with zero attached hydrogens (tertiary/aromatic N) is 8. The average molecular weight is 795 g/mol. The third kappa shape index (κ3) is 6.87. The molecule has 3 saturated heterocycles. The van der Waals surface area contributed by atoms with Crippen molar-refractivity contribution in [3.8, 4) is 22.8 Å². The second-order valence-electron chi connectivity index (χ2n) is 16.4. The van der Waals surface area contributed by atoms with Gasteiger partial charge in [0.15, 0.2) is 5.65 Å². The molecule has 15 heteroatoms. The molecule has 6 heterocycles. The summed E-state index contributed by atoms with van der Waals surface area (Å²) in [4.78, 5) is 68.6. The van der Waals surface area contributed by atoms with Gasteiger partial charge in [-0.05, 0) is 80.6 Å². The molecule has 2 aromatic heterocycles. The van der Waals surface area contributed by atoms with Gasteiger partial charge in [0.2, 0.25) is 11.8 Å². The summed E-state index contributed by atoms with van der Waals surface area (Å²) in [6, 6.07) is 22.8. The first-order valence-electron chi connectivity index (χ1n) is 20.7. The van der Waals surface area contributed by atoms with Crippen LogP contribution in [0.5, 0.6) is 11.5 Å². The van der Waals surface area contributed by atoms with E-state index >= 15 is 0 Å². The van der Waals surface area contributed by atoms with Gasteiger partial charge in [-0.25, -0.2) is 14.6 Å². The van der Waals surface area contributed by atoms with Crippen molar-refractivity contribution in [2.75, 3.05) is 56.4 Å². The number of nitrogens with one attached hydrogen (secondary N) is 1. The maximum absolute atomic E-state index is 13.6. The Kier molecular flexibility index (Phi) is 9.56. The first-order valence-corrected chi connectivity index (χ1v) is 20.7. The number of hydrogen-bond acceptors (Lipinski definition) is 12. The lowest BCUT2D eigenvalue weighted by molar-refractivity contribution is -0.136. The van der Waals surface area contributed by atoms with E-state index in [0.29, 0.717) is 28.9 Å². The fraction of sp³-hybridized carbons (Fsp3) is 0.386. The summed E-state index contributed by atoms with van der Waals surface area (Å²) >= 11 is 0. The average Bonchev–Trinajstić information content (AvgIpc) is 3.76. The fourth-order valence-electron chi connectivity index (χ4n) is 9.74. The fourth-order valence-corrected chi connectivity index (χ4v) is 9.74. The largest absolute Gasteiger partial charge is 0.457 e. The number of carbonyl (C=O) groups is 4. The summed E-state index contributed by atoms with van der Waals surface area (Å²) in [5, 5.41) is 8.19. The molecule has 1 unspecified atom stereocenters. The van der Waals surface area contributed by atoms with Crippen LogP contribution in [0.4, 0.5) is 11.5 Å². The quantitative estimate of drug-likeness (QED) is 0.201. The zero-order chi connectivity index (χ0) is 40.2.